The van der Waals surface area contributed by atoms with Gasteiger partial charge in [-0.3, -0.25) is 0 Å². The second-order valence-corrected chi connectivity index (χ2v) is 3.34. The quantitative estimate of drug-likeness (QED) is 0.373. The third-order valence-electron chi connectivity index (χ3n) is 1.97. The molecule has 18 heavy (non-hydrogen) atoms. The van der Waals surface area contributed by atoms with Gasteiger partial charge in [-0.05, 0) is 24.3 Å². The lowest BCUT2D eigenvalue weighted by Gasteiger charge is -2.04. The van der Waals surface area contributed by atoms with Crippen LogP contribution < -0.4 is 4.74 Å². The SMILES string of the molecule is C=C/C=C\C(=C/C=C)C(=O)Oc1cccc(O)c1. The van der Waals surface area contributed by atoms with E-state index in [1.807, 2.05) is 0 Å². The zero-order valence-corrected chi connectivity index (χ0v) is 9.87. The van der Waals surface area contributed by atoms with E-state index in [0.717, 1.165) is 0 Å². The fourth-order valence-corrected chi connectivity index (χ4v) is 1.20. The van der Waals surface area contributed by atoms with Gasteiger partial charge < -0.3 is 9.84 Å². The van der Waals surface area contributed by atoms with Crippen LogP contribution in [0.1, 0.15) is 0 Å². The Morgan fingerprint density at radius 1 is 1.28 bits per heavy atom. The van der Waals surface area contributed by atoms with E-state index in [4.69, 9.17) is 4.74 Å². The summed E-state index contributed by atoms with van der Waals surface area (Å²) in [6.45, 7) is 7.05. The number of aromatic hydroxyl groups is 1. The number of esters is 1. The second kappa shape index (κ2) is 6.91. The van der Waals surface area contributed by atoms with Crippen LogP contribution in [0.5, 0.6) is 11.5 Å². The first-order valence-electron chi connectivity index (χ1n) is 5.30. The number of hydrogen-bond acceptors (Lipinski definition) is 3. The summed E-state index contributed by atoms with van der Waals surface area (Å²) < 4.78 is 5.11. The van der Waals surface area contributed by atoms with Crippen molar-refractivity contribution in [1.82, 2.24) is 0 Å². The lowest BCUT2D eigenvalue weighted by Crippen LogP contribution is -2.09. The molecule has 0 amide bonds. The maximum Gasteiger partial charge on any atom is 0.343 e. The summed E-state index contributed by atoms with van der Waals surface area (Å²) in [4.78, 5) is 11.8. The van der Waals surface area contributed by atoms with Crippen LogP contribution in [-0.2, 0) is 4.79 Å². The molecule has 0 aliphatic heterocycles. The van der Waals surface area contributed by atoms with Gasteiger partial charge in [0.25, 0.3) is 0 Å². The van der Waals surface area contributed by atoms with Gasteiger partial charge in [-0.2, -0.15) is 0 Å². The van der Waals surface area contributed by atoms with Crippen molar-refractivity contribution in [1.29, 1.82) is 0 Å². The molecule has 0 atom stereocenters. The maximum atomic E-state index is 11.8. The third-order valence-corrected chi connectivity index (χ3v) is 1.97. The van der Waals surface area contributed by atoms with Crippen LogP contribution >= 0.6 is 0 Å². The number of hydrogen-bond donors (Lipinski definition) is 1. The lowest BCUT2D eigenvalue weighted by molar-refractivity contribution is -0.129. The highest BCUT2D eigenvalue weighted by molar-refractivity contribution is 5.93. The Labute approximate surface area is 106 Å². The number of allylic oxidation sites excluding steroid dienone is 4. The number of phenols is 1. The number of carbonyl (C=O) groups excluding carboxylic acids is 1. The molecule has 92 valence electrons. The Bertz CT molecular complexity index is 510. The number of ether oxygens (including phenoxy) is 1. The average Bonchev–Trinajstić information content (AvgIpc) is 2.34. The molecule has 0 aliphatic rings. The predicted octanol–water partition coefficient (Wildman–Crippen LogP) is 3.15. The molecule has 3 heteroatoms. The number of carbonyl (C=O) groups is 1. The fourth-order valence-electron chi connectivity index (χ4n) is 1.20. The highest BCUT2D eigenvalue weighted by Gasteiger charge is 2.08. The number of benzene rings is 1. The second-order valence-electron chi connectivity index (χ2n) is 3.34. The van der Waals surface area contributed by atoms with Gasteiger partial charge in [0.1, 0.15) is 11.5 Å². The van der Waals surface area contributed by atoms with Gasteiger partial charge in [0.2, 0.25) is 0 Å². The molecule has 0 fully saturated rings. The Morgan fingerprint density at radius 3 is 2.67 bits per heavy atom. The summed E-state index contributed by atoms with van der Waals surface area (Å²) in [6, 6.07) is 6.03. The van der Waals surface area contributed by atoms with Crippen LogP contribution in [0.25, 0.3) is 0 Å². The monoisotopic (exact) mass is 242 g/mol. The molecule has 0 saturated carbocycles. The van der Waals surface area contributed by atoms with Crippen molar-refractivity contribution in [2.24, 2.45) is 0 Å². The molecule has 0 unspecified atom stereocenters. The zero-order chi connectivity index (χ0) is 13.4. The van der Waals surface area contributed by atoms with Crippen molar-refractivity contribution < 1.29 is 14.6 Å². The van der Waals surface area contributed by atoms with E-state index in [2.05, 4.69) is 13.2 Å². The Balaban J connectivity index is 2.85. The summed E-state index contributed by atoms with van der Waals surface area (Å²) in [7, 11) is 0. The van der Waals surface area contributed by atoms with Gasteiger partial charge in [0.05, 0.1) is 5.57 Å². The third kappa shape index (κ3) is 4.14. The lowest BCUT2D eigenvalue weighted by atomic mass is 10.2. The predicted molar refractivity (Wildman–Crippen MR) is 71.4 cm³/mol. The molecular weight excluding hydrogens is 228 g/mol. The first kappa shape index (κ1) is 13.5. The van der Waals surface area contributed by atoms with Crippen LogP contribution in [0.3, 0.4) is 0 Å². The topological polar surface area (TPSA) is 46.5 Å². The number of rotatable bonds is 5. The van der Waals surface area contributed by atoms with Crippen LogP contribution in [0, 0.1) is 0 Å². The molecule has 1 N–H and O–H groups in total. The van der Waals surface area contributed by atoms with Crippen molar-refractivity contribution in [2.75, 3.05) is 0 Å². The smallest absolute Gasteiger partial charge is 0.343 e. The molecule has 0 aliphatic carbocycles. The van der Waals surface area contributed by atoms with E-state index in [9.17, 15) is 9.90 Å². The Hall–Kier alpha value is -2.55. The van der Waals surface area contributed by atoms with Crippen LogP contribution in [0.2, 0.25) is 0 Å². The van der Waals surface area contributed by atoms with E-state index in [1.54, 1.807) is 30.4 Å². The van der Waals surface area contributed by atoms with E-state index in [1.165, 1.54) is 24.3 Å². The minimum absolute atomic E-state index is 0.0381. The summed E-state index contributed by atoms with van der Waals surface area (Å²) in [5.74, 6) is -0.211. The van der Waals surface area contributed by atoms with Crippen molar-refractivity contribution in [3.8, 4) is 11.5 Å². The fraction of sp³-hybridized carbons (Fsp3) is 0. The van der Waals surface area contributed by atoms with Gasteiger partial charge in [-0.15, -0.1) is 0 Å². The first-order chi connectivity index (χ1) is 8.67. The summed E-state index contributed by atoms with van der Waals surface area (Å²) in [5, 5.41) is 9.26. The van der Waals surface area contributed by atoms with Gasteiger partial charge in [0.15, 0.2) is 0 Å². The van der Waals surface area contributed by atoms with Crippen LogP contribution in [-0.4, -0.2) is 11.1 Å². The van der Waals surface area contributed by atoms with Gasteiger partial charge in [-0.1, -0.05) is 37.5 Å². The van der Waals surface area contributed by atoms with Crippen molar-refractivity contribution in [2.45, 2.75) is 0 Å². The molecule has 1 aromatic rings. The van der Waals surface area contributed by atoms with E-state index < -0.39 is 5.97 Å². The molecule has 1 aromatic carbocycles. The molecular formula is C15H14O3. The van der Waals surface area contributed by atoms with Crippen molar-refractivity contribution in [3.05, 3.63) is 73.4 Å². The molecule has 0 heterocycles. The number of phenolic OH excluding ortho intramolecular Hbond substituents is 1. The molecule has 0 radical (unpaired) electrons. The maximum absolute atomic E-state index is 11.8. The minimum atomic E-state index is -0.529. The molecule has 0 bridgehead atoms. The highest BCUT2D eigenvalue weighted by atomic mass is 16.5. The Kier molecular flexibility index (Phi) is 5.19. The Morgan fingerprint density at radius 2 is 2.06 bits per heavy atom. The van der Waals surface area contributed by atoms with E-state index >= 15 is 0 Å². The summed E-state index contributed by atoms with van der Waals surface area (Å²) in [5.41, 5.74) is 0.341. The zero-order valence-electron chi connectivity index (χ0n) is 9.87. The van der Waals surface area contributed by atoms with Crippen LogP contribution in [0.15, 0.2) is 73.4 Å². The summed E-state index contributed by atoms with van der Waals surface area (Å²) in [6.07, 6.45) is 7.77. The van der Waals surface area contributed by atoms with Crippen molar-refractivity contribution >= 4 is 5.97 Å². The van der Waals surface area contributed by atoms with Crippen LogP contribution in [0.4, 0.5) is 0 Å². The first-order valence-corrected chi connectivity index (χ1v) is 5.30. The average molecular weight is 242 g/mol. The standard InChI is InChI=1S/C15H14O3/c1-3-5-8-12(7-4-2)15(17)18-14-10-6-9-13(16)11-14/h3-11,16H,1-2H2/b8-5-,12-7+. The molecule has 0 aromatic heterocycles. The summed E-state index contributed by atoms with van der Waals surface area (Å²) >= 11 is 0. The largest absolute Gasteiger partial charge is 0.508 e. The molecule has 0 saturated heterocycles. The minimum Gasteiger partial charge on any atom is -0.508 e. The van der Waals surface area contributed by atoms with Gasteiger partial charge in [-0.25, -0.2) is 4.79 Å². The van der Waals surface area contributed by atoms with E-state index in [-0.39, 0.29) is 11.5 Å². The van der Waals surface area contributed by atoms with Gasteiger partial charge in [0, 0.05) is 6.07 Å². The van der Waals surface area contributed by atoms with Crippen molar-refractivity contribution in [3.63, 3.8) is 0 Å². The normalized spacial score (nSPS) is 11.2. The highest BCUT2D eigenvalue weighted by Crippen LogP contribution is 2.18. The molecule has 0 spiro atoms. The molecule has 1 rings (SSSR count). The van der Waals surface area contributed by atoms with E-state index in [0.29, 0.717) is 5.57 Å². The molecule has 3 nitrogen and oxygen atoms in total. The van der Waals surface area contributed by atoms with Gasteiger partial charge >= 0.3 is 5.97 Å².